The molecule has 2 heteroatoms. The molecule has 0 amide bonds. The van der Waals surface area contributed by atoms with Crippen molar-refractivity contribution in [3.63, 3.8) is 0 Å². The molecule has 0 aliphatic heterocycles. The first-order chi connectivity index (χ1) is 5.79. The summed E-state index contributed by atoms with van der Waals surface area (Å²) >= 11 is 0. The van der Waals surface area contributed by atoms with Crippen LogP contribution in [0.25, 0.3) is 0 Å². The molecule has 0 aromatic heterocycles. The highest BCUT2D eigenvalue weighted by Gasteiger charge is 2.22. The molecule has 0 radical (unpaired) electrons. The van der Waals surface area contributed by atoms with Crippen molar-refractivity contribution < 1.29 is 9.90 Å². The van der Waals surface area contributed by atoms with Crippen LogP contribution in [0.3, 0.4) is 0 Å². The fourth-order valence-electron chi connectivity index (χ4n) is 1.60. The van der Waals surface area contributed by atoms with Crippen molar-refractivity contribution in [2.45, 2.75) is 18.9 Å². The molecule has 0 fully saturated rings. The average molecular weight is 162 g/mol. The van der Waals surface area contributed by atoms with Crippen LogP contribution in [0.15, 0.2) is 24.3 Å². The molecule has 0 saturated heterocycles. The molecule has 1 aromatic carbocycles. The smallest absolute Gasteiger partial charge is 0.163 e. The Morgan fingerprint density at radius 2 is 2.08 bits per heavy atom. The summed E-state index contributed by atoms with van der Waals surface area (Å²) in [6, 6.07) is 7.27. The van der Waals surface area contributed by atoms with Gasteiger partial charge in [0.1, 0.15) is 0 Å². The highest BCUT2D eigenvalue weighted by molar-refractivity contribution is 5.98. The van der Waals surface area contributed by atoms with E-state index in [9.17, 15) is 9.90 Å². The summed E-state index contributed by atoms with van der Waals surface area (Å²) in [7, 11) is 0. The van der Waals surface area contributed by atoms with E-state index in [1.54, 1.807) is 6.07 Å². The number of hydrogen-bond donors (Lipinski definition) is 1. The molecule has 0 bridgehead atoms. The van der Waals surface area contributed by atoms with Gasteiger partial charge in [-0.25, -0.2) is 0 Å². The SMILES string of the molecule is O=C1CC[C@H](O)c2ccccc21. The molecule has 1 atom stereocenters. The molecular weight excluding hydrogens is 152 g/mol. The van der Waals surface area contributed by atoms with E-state index in [4.69, 9.17) is 0 Å². The van der Waals surface area contributed by atoms with E-state index >= 15 is 0 Å². The molecule has 0 heterocycles. The molecule has 1 aliphatic rings. The average Bonchev–Trinajstić information content (AvgIpc) is 2.12. The topological polar surface area (TPSA) is 37.3 Å². The number of carbonyl (C=O) groups excluding carboxylic acids is 1. The number of aliphatic hydroxyl groups excluding tert-OH is 1. The first-order valence-electron chi connectivity index (χ1n) is 4.09. The van der Waals surface area contributed by atoms with Crippen molar-refractivity contribution in [1.29, 1.82) is 0 Å². The van der Waals surface area contributed by atoms with Gasteiger partial charge in [0, 0.05) is 12.0 Å². The van der Waals surface area contributed by atoms with Crippen LogP contribution >= 0.6 is 0 Å². The van der Waals surface area contributed by atoms with Crippen LogP contribution in [0, 0.1) is 0 Å². The third-order valence-electron chi connectivity index (χ3n) is 2.27. The Bertz CT molecular complexity index is 317. The van der Waals surface area contributed by atoms with Gasteiger partial charge >= 0.3 is 0 Å². The van der Waals surface area contributed by atoms with Gasteiger partial charge in [-0.3, -0.25) is 4.79 Å². The zero-order valence-corrected chi connectivity index (χ0v) is 6.66. The summed E-state index contributed by atoms with van der Waals surface area (Å²) in [5.41, 5.74) is 1.48. The number of Topliss-reactive ketones (excluding diaryl/α,β-unsaturated/α-hetero) is 1. The van der Waals surface area contributed by atoms with E-state index in [1.807, 2.05) is 18.2 Å². The van der Waals surface area contributed by atoms with Gasteiger partial charge in [-0.05, 0) is 12.0 Å². The predicted octanol–water partition coefficient (Wildman–Crippen LogP) is 1.70. The quantitative estimate of drug-likeness (QED) is 0.630. The van der Waals surface area contributed by atoms with Crippen molar-refractivity contribution in [2.24, 2.45) is 0 Å². The fraction of sp³-hybridized carbons (Fsp3) is 0.300. The Kier molecular flexibility index (Phi) is 1.70. The summed E-state index contributed by atoms with van der Waals surface area (Å²) in [5, 5.41) is 9.53. The maximum atomic E-state index is 11.3. The van der Waals surface area contributed by atoms with Gasteiger partial charge in [-0.1, -0.05) is 24.3 Å². The van der Waals surface area contributed by atoms with Gasteiger partial charge in [0.2, 0.25) is 0 Å². The summed E-state index contributed by atoms with van der Waals surface area (Å²) in [6.45, 7) is 0. The number of rotatable bonds is 0. The van der Waals surface area contributed by atoms with Gasteiger partial charge in [-0.15, -0.1) is 0 Å². The zero-order chi connectivity index (χ0) is 8.55. The lowest BCUT2D eigenvalue weighted by Gasteiger charge is -2.19. The molecular formula is C10H10O2. The van der Waals surface area contributed by atoms with Gasteiger partial charge in [0.05, 0.1) is 6.10 Å². The molecule has 1 aromatic rings. The van der Waals surface area contributed by atoms with E-state index in [2.05, 4.69) is 0 Å². The van der Waals surface area contributed by atoms with Crippen molar-refractivity contribution >= 4 is 5.78 Å². The number of aliphatic hydroxyl groups is 1. The van der Waals surface area contributed by atoms with E-state index in [-0.39, 0.29) is 5.78 Å². The standard InChI is InChI=1S/C10H10O2/c11-9-5-6-10(12)8-4-2-1-3-7(8)9/h1-4,9,11H,5-6H2/t9-/m0/s1. The maximum absolute atomic E-state index is 11.3. The second-order valence-electron chi connectivity index (χ2n) is 3.06. The predicted molar refractivity (Wildman–Crippen MR) is 45.0 cm³/mol. The highest BCUT2D eigenvalue weighted by atomic mass is 16.3. The molecule has 1 aliphatic carbocycles. The number of hydrogen-bond acceptors (Lipinski definition) is 2. The fourth-order valence-corrected chi connectivity index (χ4v) is 1.60. The third kappa shape index (κ3) is 1.04. The Balaban J connectivity index is 2.55. The highest BCUT2D eigenvalue weighted by Crippen LogP contribution is 2.28. The molecule has 0 spiro atoms. The normalized spacial score (nSPS) is 22.1. The van der Waals surface area contributed by atoms with Gasteiger partial charge < -0.3 is 5.11 Å². The Morgan fingerprint density at radius 1 is 1.33 bits per heavy atom. The summed E-state index contributed by atoms with van der Waals surface area (Å²) < 4.78 is 0. The van der Waals surface area contributed by atoms with Crippen molar-refractivity contribution in [3.05, 3.63) is 35.4 Å². The van der Waals surface area contributed by atoms with Crippen LogP contribution in [0.5, 0.6) is 0 Å². The molecule has 62 valence electrons. The molecule has 0 saturated carbocycles. The lowest BCUT2D eigenvalue weighted by atomic mass is 9.89. The van der Waals surface area contributed by atoms with E-state index < -0.39 is 6.10 Å². The van der Waals surface area contributed by atoms with Crippen LogP contribution in [0.4, 0.5) is 0 Å². The van der Waals surface area contributed by atoms with Crippen molar-refractivity contribution in [3.8, 4) is 0 Å². The van der Waals surface area contributed by atoms with Crippen LogP contribution in [0.2, 0.25) is 0 Å². The van der Waals surface area contributed by atoms with Crippen LogP contribution in [0.1, 0.15) is 34.9 Å². The third-order valence-corrected chi connectivity index (χ3v) is 2.27. The minimum absolute atomic E-state index is 0.149. The molecule has 0 unspecified atom stereocenters. The van der Waals surface area contributed by atoms with Crippen molar-refractivity contribution in [1.82, 2.24) is 0 Å². The molecule has 2 rings (SSSR count). The molecule has 2 nitrogen and oxygen atoms in total. The van der Waals surface area contributed by atoms with E-state index in [1.165, 1.54) is 0 Å². The maximum Gasteiger partial charge on any atom is 0.163 e. The zero-order valence-electron chi connectivity index (χ0n) is 6.66. The second-order valence-corrected chi connectivity index (χ2v) is 3.06. The Labute approximate surface area is 70.8 Å². The largest absolute Gasteiger partial charge is 0.388 e. The van der Waals surface area contributed by atoms with Gasteiger partial charge in [-0.2, -0.15) is 0 Å². The number of ketones is 1. The minimum Gasteiger partial charge on any atom is -0.388 e. The minimum atomic E-state index is -0.445. The number of carbonyl (C=O) groups is 1. The Morgan fingerprint density at radius 3 is 2.83 bits per heavy atom. The lowest BCUT2D eigenvalue weighted by Crippen LogP contribution is -2.14. The van der Waals surface area contributed by atoms with Gasteiger partial charge in [0.25, 0.3) is 0 Å². The van der Waals surface area contributed by atoms with Crippen LogP contribution < -0.4 is 0 Å². The van der Waals surface area contributed by atoms with Gasteiger partial charge in [0.15, 0.2) is 5.78 Å². The monoisotopic (exact) mass is 162 g/mol. The number of benzene rings is 1. The molecule has 12 heavy (non-hydrogen) atoms. The Hall–Kier alpha value is -1.15. The van der Waals surface area contributed by atoms with Crippen LogP contribution in [-0.4, -0.2) is 10.9 Å². The molecule has 1 N–H and O–H groups in total. The summed E-state index contributed by atoms with van der Waals surface area (Å²) in [4.78, 5) is 11.3. The van der Waals surface area contributed by atoms with E-state index in [0.717, 1.165) is 5.56 Å². The lowest BCUT2D eigenvalue weighted by molar-refractivity contribution is 0.0897. The number of fused-ring (bicyclic) bond motifs is 1. The first-order valence-corrected chi connectivity index (χ1v) is 4.09. The van der Waals surface area contributed by atoms with E-state index in [0.29, 0.717) is 18.4 Å². The van der Waals surface area contributed by atoms with Crippen molar-refractivity contribution in [2.75, 3.05) is 0 Å². The summed E-state index contributed by atoms with van der Waals surface area (Å²) in [5.74, 6) is 0.149. The second kappa shape index (κ2) is 2.72. The summed E-state index contributed by atoms with van der Waals surface area (Å²) in [6.07, 6.45) is 0.590. The van der Waals surface area contributed by atoms with Crippen LogP contribution in [-0.2, 0) is 0 Å². The first kappa shape index (κ1) is 7.50.